The Morgan fingerprint density at radius 3 is 2.63 bits per heavy atom. The molecule has 1 aromatic rings. The summed E-state index contributed by atoms with van der Waals surface area (Å²) in [6.07, 6.45) is 1.88. The van der Waals surface area contributed by atoms with Gasteiger partial charge in [-0.1, -0.05) is 12.1 Å². The van der Waals surface area contributed by atoms with Gasteiger partial charge in [-0.3, -0.25) is 0 Å². The maximum atomic E-state index is 9.27. The number of rotatable bonds is 4. The molecule has 0 spiro atoms. The summed E-state index contributed by atoms with van der Waals surface area (Å²) < 4.78 is 0. The predicted molar refractivity (Wildman–Crippen MR) is 78.3 cm³/mol. The van der Waals surface area contributed by atoms with E-state index in [1.807, 2.05) is 12.1 Å². The summed E-state index contributed by atoms with van der Waals surface area (Å²) in [5, 5.41) is 9.27. The van der Waals surface area contributed by atoms with Crippen LogP contribution < -0.4 is 5.73 Å². The number of nitrogens with zero attached hydrogens (tertiary/aromatic N) is 2. The van der Waals surface area contributed by atoms with Gasteiger partial charge in [-0.25, -0.2) is 0 Å². The lowest BCUT2D eigenvalue weighted by atomic mass is 9.98. The Bertz CT molecular complexity index is 393. The van der Waals surface area contributed by atoms with Crippen molar-refractivity contribution in [2.24, 2.45) is 5.73 Å². The normalized spacial score (nSPS) is 23.4. The average molecular weight is 263 g/mol. The lowest BCUT2D eigenvalue weighted by Crippen LogP contribution is -2.51. The molecule has 0 amide bonds. The van der Waals surface area contributed by atoms with Gasteiger partial charge in [-0.05, 0) is 44.6 Å². The standard InChI is InChI=1S/C15H25N3O/c1-17-7-8-18(2)14(11-17)10-13(16)9-12-3-5-15(19)6-4-12/h3-6,13-14,19H,7-11,16H2,1-2H3. The molecule has 1 aliphatic heterocycles. The Balaban J connectivity index is 1.86. The van der Waals surface area contributed by atoms with Crippen molar-refractivity contribution in [1.82, 2.24) is 9.80 Å². The smallest absolute Gasteiger partial charge is 0.115 e. The molecule has 1 saturated heterocycles. The Labute approximate surface area is 115 Å². The molecule has 2 rings (SSSR count). The van der Waals surface area contributed by atoms with Gasteiger partial charge in [0.15, 0.2) is 0 Å². The maximum absolute atomic E-state index is 9.27. The number of nitrogens with two attached hydrogens (primary N) is 1. The second kappa shape index (κ2) is 6.37. The monoisotopic (exact) mass is 263 g/mol. The third kappa shape index (κ3) is 4.20. The summed E-state index contributed by atoms with van der Waals surface area (Å²) in [7, 11) is 4.36. The first-order valence-corrected chi connectivity index (χ1v) is 6.97. The van der Waals surface area contributed by atoms with E-state index in [1.54, 1.807) is 12.1 Å². The van der Waals surface area contributed by atoms with E-state index < -0.39 is 0 Å². The summed E-state index contributed by atoms with van der Waals surface area (Å²) >= 11 is 0. The number of benzene rings is 1. The number of hydrogen-bond donors (Lipinski definition) is 2. The van der Waals surface area contributed by atoms with Crippen LogP contribution in [-0.2, 0) is 6.42 Å². The first-order chi connectivity index (χ1) is 9.04. The van der Waals surface area contributed by atoms with Crippen LogP contribution in [0.2, 0.25) is 0 Å². The van der Waals surface area contributed by atoms with Crippen LogP contribution in [0.3, 0.4) is 0 Å². The van der Waals surface area contributed by atoms with Crippen LogP contribution in [0.5, 0.6) is 5.75 Å². The zero-order valence-corrected chi connectivity index (χ0v) is 11.9. The zero-order chi connectivity index (χ0) is 13.8. The molecule has 0 radical (unpaired) electrons. The van der Waals surface area contributed by atoms with Crippen molar-refractivity contribution in [1.29, 1.82) is 0 Å². The molecule has 0 bridgehead atoms. The topological polar surface area (TPSA) is 52.7 Å². The van der Waals surface area contributed by atoms with E-state index in [2.05, 4.69) is 23.9 Å². The highest BCUT2D eigenvalue weighted by Crippen LogP contribution is 2.15. The molecule has 4 nitrogen and oxygen atoms in total. The lowest BCUT2D eigenvalue weighted by molar-refractivity contribution is 0.104. The third-order valence-electron chi connectivity index (χ3n) is 3.99. The van der Waals surface area contributed by atoms with Crippen LogP contribution >= 0.6 is 0 Å². The second-order valence-electron chi connectivity index (χ2n) is 5.76. The molecule has 4 heteroatoms. The van der Waals surface area contributed by atoms with E-state index in [4.69, 9.17) is 5.73 Å². The highest BCUT2D eigenvalue weighted by atomic mass is 16.3. The maximum Gasteiger partial charge on any atom is 0.115 e. The van der Waals surface area contributed by atoms with E-state index in [0.29, 0.717) is 11.8 Å². The Morgan fingerprint density at radius 1 is 1.26 bits per heavy atom. The van der Waals surface area contributed by atoms with Crippen molar-refractivity contribution < 1.29 is 5.11 Å². The third-order valence-corrected chi connectivity index (χ3v) is 3.99. The summed E-state index contributed by atoms with van der Waals surface area (Å²) in [6.45, 7) is 3.35. The van der Waals surface area contributed by atoms with Gasteiger partial charge in [-0.2, -0.15) is 0 Å². The Kier molecular flexibility index (Phi) is 4.80. The van der Waals surface area contributed by atoms with Crippen LogP contribution in [0.25, 0.3) is 0 Å². The van der Waals surface area contributed by atoms with E-state index in [-0.39, 0.29) is 6.04 Å². The SMILES string of the molecule is CN1CCN(C)C(CC(N)Cc2ccc(O)cc2)C1. The average Bonchev–Trinajstić information content (AvgIpc) is 2.37. The van der Waals surface area contributed by atoms with Crippen molar-refractivity contribution in [2.75, 3.05) is 33.7 Å². The highest BCUT2D eigenvalue weighted by Gasteiger charge is 2.23. The summed E-state index contributed by atoms with van der Waals surface area (Å²) in [4.78, 5) is 4.79. The van der Waals surface area contributed by atoms with Gasteiger partial charge in [0, 0.05) is 31.7 Å². The number of piperazine rings is 1. The van der Waals surface area contributed by atoms with Crippen LogP contribution in [0.15, 0.2) is 24.3 Å². The van der Waals surface area contributed by atoms with Crippen molar-refractivity contribution in [3.8, 4) is 5.75 Å². The van der Waals surface area contributed by atoms with Gasteiger partial charge >= 0.3 is 0 Å². The van der Waals surface area contributed by atoms with Gasteiger partial charge in [0.1, 0.15) is 5.75 Å². The summed E-state index contributed by atoms with van der Waals surface area (Å²) in [5.74, 6) is 0.311. The number of phenols is 1. The lowest BCUT2D eigenvalue weighted by Gasteiger charge is -2.38. The van der Waals surface area contributed by atoms with E-state index in [1.165, 1.54) is 5.56 Å². The molecule has 19 heavy (non-hydrogen) atoms. The van der Waals surface area contributed by atoms with Crippen molar-refractivity contribution in [3.05, 3.63) is 29.8 Å². The minimum atomic E-state index is 0.170. The highest BCUT2D eigenvalue weighted by molar-refractivity contribution is 5.26. The minimum Gasteiger partial charge on any atom is -0.508 e. The quantitative estimate of drug-likeness (QED) is 0.847. The van der Waals surface area contributed by atoms with Gasteiger partial charge in [0.05, 0.1) is 0 Å². The summed E-state index contributed by atoms with van der Waals surface area (Å²) in [5.41, 5.74) is 7.47. The Hall–Kier alpha value is -1.10. The van der Waals surface area contributed by atoms with E-state index >= 15 is 0 Å². The molecule has 0 aliphatic carbocycles. The van der Waals surface area contributed by atoms with Crippen molar-refractivity contribution in [2.45, 2.75) is 24.9 Å². The molecule has 0 saturated carbocycles. The number of aromatic hydroxyl groups is 1. The first-order valence-electron chi connectivity index (χ1n) is 6.97. The van der Waals surface area contributed by atoms with Crippen LogP contribution in [0.4, 0.5) is 0 Å². The fourth-order valence-corrected chi connectivity index (χ4v) is 2.72. The molecule has 1 fully saturated rings. The molecule has 3 N–H and O–H groups in total. The number of phenolic OH excluding ortho intramolecular Hbond substituents is 1. The molecular formula is C15H25N3O. The molecular weight excluding hydrogens is 238 g/mol. The van der Waals surface area contributed by atoms with E-state index in [0.717, 1.165) is 32.5 Å². The fourth-order valence-electron chi connectivity index (χ4n) is 2.72. The minimum absolute atomic E-state index is 0.170. The van der Waals surface area contributed by atoms with Gasteiger partial charge < -0.3 is 20.6 Å². The molecule has 106 valence electrons. The molecule has 0 aromatic heterocycles. The van der Waals surface area contributed by atoms with Gasteiger partial charge in [-0.15, -0.1) is 0 Å². The van der Waals surface area contributed by atoms with Gasteiger partial charge in [0.25, 0.3) is 0 Å². The zero-order valence-electron chi connectivity index (χ0n) is 11.9. The number of hydrogen-bond acceptors (Lipinski definition) is 4. The molecule has 2 unspecified atom stereocenters. The fraction of sp³-hybridized carbons (Fsp3) is 0.600. The van der Waals surface area contributed by atoms with E-state index in [9.17, 15) is 5.11 Å². The van der Waals surface area contributed by atoms with Gasteiger partial charge in [0.2, 0.25) is 0 Å². The summed E-state index contributed by atoms with van der Waals surface area (Å²) in [6, 6.07) is 8.07. The molecule has 1 heterocycles. The largest absolute Gasteiger partial charge is 0.508 e. The van der Waals surface area contributed by atoms with Crippen LogP contribution in [0, 0.1) is 0 Å². The predicted octanol–water partition coefficient (Wildman–Crippen LogP) is 0.898. The van der Waals surface area contributed by atoms with Crippen LogP contribution in [-0.4, -0.2) is 60.7 Å². The first kappa shape index (κ1) is 14.3. The van der Waals surface area contributed by atoms with Crippen LogP contribution in [0.1, 0.15) is 12.0 Å². The molecule has 1 aromatic carbocycles. The molecule has 1 aliphatic rings. The second-order valence-corrected chi connectivity index (χ2v) is 5.76. The van der Waals surface area contributed by atoms with Crippen molar-refractivity contribution in [3.63, 3.8) is 0 Å². The Morgan fingerprint density at radius 2 is 1.95 bits per heavy atom. The van der Waals surface area contributed by atoms with Crippen molar-refractivity contribution >= 4 is 0 Å². The number of likely N-dealkylation sites (N-methyl/N-ethyl adjacent to an activating group) is 2. The molecule has 2 atom stereocenters.